The molecule has 2 saturated heterocycles. The van der Waals surface area contributed by atoms with Crippen molar-refractivity contribution in [1.82, 2.24) is 30.5 Å². The van der Waals surface area contributed by atoms with E-state index in [2.05, 4.69) is 46.6 Å². The summed E-state index contributed by atoms with van der Waals surface area (Å²) in [5.74, 6) is 1.36. The normalized spacial score (nSPS) is 26.6. The maximum Gasteiger partial charge on any atom is 0.274 e. The first-order valence-electron chi connectivity index (χ1n) is 10.1. The van der Waals surface area contributed by atoms with Crippen LogP contribution in [0.1, 0.15) is 62.3 Å². The van der Waals surface area contributed by atoms with Gasteiger partial charge in [-0.1, -0.05) is 19.1 Å². The van der Waals surface area contributed by atoms with Gasteiger partial charge in [-0.3, -0.25) is 4.79 Å². The molecule has 146 valence electrons. The summed E-state index contributed by atoms with van der Waals surface area (Å²) in [6.45, 7) is 13.8. The minimum absolute atomic E-state index is 0.100. The molecule has 0 bridgehead atoms. The highest BCUT2D eigenvalue weighted by Gasteiger charge is 2.26. The fourth-order valence-corrected chi connectivity index (χ4v) is 4.61. The molecule has 2 aliphatic heterocycles. The van der Waals surface area contributed by atoms with Gasteiger partial charge in [0.15, 0.2) is 5.69 Å². The van der Waals surface area contributed by atoms with Gasteiger partial charge < -0.3 is 15.5 Å². The summed E-state index contributed by atoms with van der Waals surface area (Å²) < 4.78 is 1.94. The average molecular weight is 363 g/mol. The van der Waals surface area contributed by atoms with Crippen molar-refractivity contribution in [3.05, 3.63) is 11.4 Å². The van der Waals surface area contributed by atoms with Gasteiger partial charge in [0.2, 0.25) is 0 Å². The summed E-state index contributed by atoms with van der Waals surface area (Å²) in [6, 6.07) is 0.447. The van der Waals surface area contributed by atoms with Gasteiger partial charge in [0, 0.05) is 25.7 Å². The molecule has 1 amide bonds. The van der Waals surface area contributed by atoms with E-state index in [0.717, 1.165) is 63.1 Å². The predicted molar refractivity (Wildman–Crippen MR) is 102 cm³/mol. The van der Waals surface area contributed by atoms with Crippen LogP contribution in [0.25, 0.3) is 0 Å². The number of piperidine rings is 2. The van der Waals surface area contributed by atoms with E-state index in [1.807, 2.05) is 11.6 Å². The van der Waals surface area contributed by atoms with Crippen LogP contribution in [0, 0.1) is 18.8 Å². The molecular weight excluding hydrogens is 328 g/mol. The third-order valence-electron chi connectivity index (χ3n) is 5.65. The van der Waals surface area contributed by atoms with Gasteiger partial charge in [-0.25, -0.2) is 4.68 Å². The lowest BCUT2D eigenvalue weighted by atomic mass is 9.92. The van der Waals surface area contributed by atoms with Crippen molar-refractivity contribution in [2.24, 2.45) is 11.8 Å². The Morgan fingerprint density at radius 2 is 1.92 bits per heavy atom. The number of carbonyl (C=O) groups is 1. The van der Waals surface area contributed by atoms with Crippen molar-refractivity contribution < 1.29 is 4.79 Å². The quantitative estimate of drug-likeness (QED) is 0.832. The number of amides is 1. The van der Waals surface area contributed by atoms with Crippen molar-refractivity contribution in [2.75, 3.05) is 32.7 Å². The summed E-state index contributed by atoms with van der Waals surface area (Å²) in [6.07, 6.45) is 3.37. The summed E-state index contributed by atoms with van der Waals surface area (Å²) in [7, 11) is 0. The highest BCUT2D eigenvalue weighted by atomic mass is 16.2. The third kappa shape index (κ3) is 4.62. The van der Waals surface area contributed by atoms with E-state index in [1.54, 1.807) is 0 Å². The fraction of sp³-hybridized carbons (Fsp3) is 0.842. The number of likely N-dealkylation sites (tertiary alicyclic amines) is 1. The van der Waals surface area contributed by atoms with Crippen molar-refractivity contribution in [3.8, 4) is 0 Å². The molecular formula is C19H34N6O. The molecule has 3 heterocycles. The van der Waals surface area contributed by atoms with Gasteiger partial charge in [-0.2, -0.15) is 0 Å². The molecule has 0 spiro atoms. The molecule has 0 aliphatic carbocycles. The number of hydrogen-bond donors (Lipinski definition) is 2. The van der Waals surface area contributed by atoms with Crippen LogP contribution < -0.4 is 10.6 Å². The second-order valence-electron chi connectivity index (χ2n) is 8.49. The molecule has 26 heavy (non-hydrogen) atoms. The van der Waals surface area contributed by atoms with Crippen molar-refractivity contribution in [1.29, 1.82) is 0 Å². The molecule has 0 saturated carbocycles. The van der Waals surface area contributed by atoms with Crippen LogP contribution in [0.2, 0.25) is 0 Å². The fourth-order valence-electron chi connectivity index (χ4n) is 4.61. The van der Waals surface area contributed by atoms with Gasteiger partial charge in [0.05, 0.1) is 11.7 Å². The number of hydrogen-bond acceptors (Lipinski definition) is 5. The third-order valence-corrected chi connectivity index (χ3v) is 5.65. The summed E-state index contributed by atoms with van der Waals surface area (Å²) in [5.41, 5.74) is 1.34. The highest BCUT2D eigenvalue weighted by Crippen LogP contribution is 2.22. The van der Waals surface area contributed by atoms with Crippen LogP contribution in [0.3, 0.4) is 0 Å². The first-order valence-corrected chi connectivity index (χ1v) is 10.1. The molecule has 2 N–H and O–H groups in total. The Morgan fingerprint density at radius 3 is 2.58 bits per heavy atom. The molecule has 2 fully saturated rings. The standard InChI is InChI=1S/C19H34N6O/c1-13-9-14(2)11-24(10-13)12-15(3)21-19(26)18-16(4)25(23-22-18)17-5-7-20-8-6-17/h13-15,17,20H,5-12H2,1-4H3,(H,21,26). The minimum Gasteiger partial charge on any atom is -0.347 e. The lowest BCUT2D eigenvalue weighted by Gasteiger charge is -2.36. The molecule has 7 heteroatoms. The lowest BCUT2D eigenvalue weighted by molar-refractivity contribution is 0.0899. The van der Waals surface area contributed by atoms with Crippen molar-refractivity contribution >= 4 is 5.91 Å². The van der Waals surface area contributed by atoms with Crippen LogP contribution in [0.15, 0.2) is 0 Å². The van der Waals surface area contributed by atoms with Crippen molar-refractivity contribution in [2.45, 2.75) is 59.0 Å². The zero-order valence-electron chi connectivity index (χ0n) is 16.7. The molecule has 2 aliphatic rings. The maximum atomic E-state index is 12.7. The second-order valence-corrected chi connectivity index (χ2v) is 8.49. The first kappa shape index (κ1) is 19.3. The Hall–Kier alpha value is -1.47. The number of nitrogens with zero attached hydrogens (tertiary/aromatic N) is 4. The van der Waals surface area contributed by atoms with Gasteiger partial charge >= 0.3 is 0 Å². The SMILES string of the molecule is Cc1c(C(=O)NC(C)CN2CC(C)CC(C)C2)nnn1C1CCNCC1. The number of rotatable bonds is 5. The Balaban J connectivity index is 1.56. The second kappa shape index (κ2) is 8.48. The number of nitrogens with one attached hydrogen (secondary N) is 2. The zero-order valence-corrected chi connectivity index (χ0v) is 16.7. The van der Waals surface area contributed by atoms with Gasteiger partial charge in [0.1, 0.15) is 0 Å². The van der Waals surface area contributed by atoms with E-state index in [0.29, 0.717) is 11.7 Å². The summed E-state index contributed by atoms with van der Waals surface area (Å²) in [5, 5.41) is 14.9. The van der Waals surface area contributed by atoms with E-state index < -0.39 is 0 Å². The highest BCUT2D eigenvalue weighted by molar-refractivity contribution is 5.93. The summed E-state index contributed by atoms with van der Waals surface area (Å²) in [4.78, 5) is 15.2. The summed E-state index contributed by atoms with van der Waals surface area (Å²) >= 11 is 0. The zero-order chi connectivity index (χ0) is 18.7. The van der Waals surface area contributed by atoms with Crippen LogP contribution in [0.5, 0.6) is 0 Å². The Bertz CT molecular complexity index is 599. The molecule has 1 aromatic heterocycles. The van der Waals surface area contributed by atoms with Crippen LogP contribution >= 0.6 is 0 Å². The Labute approximate surface area is 156 Å². The van der Waals surface area contributed by atoms with E-state index in [4.69, 9.17) is 0 Å². The van der Waals surface area contributed by atoms with Crippen LogP contribution in [-0.4, -0.2) is 64.6 Å². The Morgan fingerprint density at radius 1 is 1.27 bits per heavy atom. The molecule has 3 rings (SSSR count). The average Bonchev–Trinajstić information content (AvgIpc) is 2.96. The Kier molecular flexibility index (Phi) is 6.29. The predicted octanol–water partition coefficient (Wildman–Crippen LogP) is 1.61. The molecule has 0 radical (unpaired) electrons. The number of aromatic nitrogens is 3. The lowest BCUT2D eigenvalue weighted by Crippen LogP contribution is -2.47. The molecule has 3 unspecified atom stereocenters. The number of carbonyl (C=O) groups excluding carboxylic acids is 1. The van der Waals surface area contributed by atoms with E-state index in [1.165, 1.54) is 6.42 Å². The molecule has 0 aromatic carbocycles. The van der Waals surface area contributed by atoms with Gasteiger partial charge in [0.25, 0.3) is 5.91 Å². The topological polar surface area (TPSA) is 75.1 Å². The van der Waals surface area contributed by atoms with Crippen LogP contribution in [0.4, 0.5) is 0 Å². The van der Waals surface area contributed by atoms with Crippen molar-refractivity contribution in [3.63, 3.8) is 0 Å². The first-order chi connectivity index (χ1) is 12.4. The molecule has 7 nitrogen and oxygen atoms in total. The smallest absolute Gasteiger partial charge is 0.274 e. The minimum atomic E-state index is -0.103. The monoisotopic (exact) mass is 362 g/mol. The maximum absolute atomic E-state index is 12.7. The van der Waals surface area contributed by atoms with E-state index in [9.17, 15) is 4.79 Å². The molecule has 1 aromatic rings. The molecule has 3 atom stereocenters. The van der Waals surface area contributed by atoms with Gasteiger partial charge in [-0.05, 0) is 58.0 Å². The van der Waals surface area contributed by atoms with E-state index >= 15 is 0 Å². The van der Waals surface area contributed by atoms with E-state index in [-0.39, 0.29) is 11.9 Å². The largest absolute Gasteiger partial charge is 0.347 e. The van der Waals surface area contributed by atoms with Crippen LogP contribution in [-0.2, 0) is 0 Å². The van der Waals surface area contributed by atoms with Gasteiger partial charge in [-0.15, -0.1) is 5.10 Å².